The predicted octanol–water partition coefficient (Wildman–Crippen LogP) is 1.08. The van der Waals surface area contributed by atoms with Gasteiger partial charge in [-0.15, -0.1) is 0 Å². The lowest BCUT2D eigenvalue weighted by Gasteiger charge is -2.30. The van der Waals surface area contributed by atoms with Crippen LogP contribution in [0.25, 0.3) is 0 Å². The fourth-order valence-electron chi connectivity index (χ4n) is 2.71. The average molecular weight is 255 g/mol. The summed E-state index contributed by atoms with van der Waals surface area (Å²) in [6.45, 7) is 14.4. The van der Waals surface area contributed by atoms with Crippen LogP contribution in [0.15, 0.2) is 0 Å². The predicted molar refractivity (Wildman–Crippen MR) is 75.5 cm³/mol. The van der Waals surface area contributed by atoms with E-state index in [9.17, 15) is 4.79 Å². The maximum Gasteiger partial charge on any atom is 0.224 e. The number of carbonyl (C=O) groups excluding carboxylic acids is 1. The van der Waals surface area contributed by atoms with Gasteiger partial charge in [0.15, 0.2) is 0 Å². The second-order valence-electron chi connectivity index (χ2n) is 5.96. The molecule has 18 heavy (non-hydrogen) atoms. The van der Waals surface area contributed by atoms with Crippen molar-refractivity contribution in [2.75, 3.05) is 26.2 Å². The molecule has 1 saturated heterocycles. The third-order valence-corrected chi connectivity index (χ3v) is 3.85. The van der Waals surface area contributed by atoms with Crippen LogP contribution in [0.3, 0.4) is 0 Å². The molecule has 1 aliphatic heterocycles. The van der Waals surface area contributed by atoms with Gasteiger partial charge in [-0.25, -0.2) is 0 Å². The zero-order valence-electron chi connectivity index (χ0n) is 12.5. The van der Waals surface area contributed by atoms with E-state index in [0.29, 0.717) is 18.0 Å². The molecule has 0 unspecified atom stereocenters. The molecule has 0 radical (unpaired) electrons. The minimum atomic E-state index is 0.150. The number of nitrogens with one attached hydrogen (secondary N) is 2. The number of carbonyl (C=O) groups is 1. The third kappa shape index (κ3) is 4.25. The molecule has 1 amide bonds. The maximum atomic E-state index is 12.0. The van der Waals surface area contributed by atoms with Gasteiger partial charge in [-0.1, -0.05) is 6.92 Å². The Balaban J connectivity index is 2.30. The van der Waals surface area contributed by atoms with E-state index in [1.54, 1.807) is 0 Å². The summed E-state index contributed by atoms with van der Waals surface area (Å²) in [5.41, 5.74) is 0. The second kappa shape index (κ2) is 7.10. The molecule has 1 fully saturated rings. The van der Waals surface area contributed by atoms with Crippen molar-refractivity contribution in [3.63, 3.8) is 0 Å². The molecular weight excluding hydrogens is 226 g/mol. The van der Waals surface area contributed by atoms with Crippen LogP contribution in [0.1, 0.15) is 34.6 Å². The second-order valence-corrected chi connectivity index (χ2v) is 5.96. The van der Waals surface area contributed by atoms with Crippen LogP contribution in [0.5, 0.6) is 0 Å². The highest BCUT2D eigenvalue weighted by molar-refractivity contribution is 5.79. The number of hydrogen-bond acceptors (Lipinski definition) is 3. The molecule has 0 aromatic heterocycles. The van der Waals surface area contributed by atoms with E-state index >= 15 is 0 Å². The van der Waals surface area contributed by atoms with Crippen molar-refractivity contribution in [3.8, 4) is 0 Å². The standard InChI is InChI=1S/C14H29N3O/c1-10(2)17(11(3)4)7-6-16-14(18)13-9-15-8-12(13)5/h10-13,15H,6-9H2,1-5H3,(H,16,18)/t12-,13-/m1/s1. The minimum Gasteiger partial charge on any atom is -0.355 e. The zero-order valence-corrected chi connectivity index (χ0v) is 12.5. The average Bonchev–Trinajstić information content (AvgIpc) is 2.69. The van der Waals surface area contributed by atoms with Crippen LogP contribution in [0.2, 0.25) is 0 Å². The van der Waals surface area contributed by atoms with Crippen LogP contribution in [0, 0.1) is 11.8 Å². The normalized spacial score (nSPS) is 24.2. The first-order valence-corrected chi connectivity index (χ1v) is 7.17. The van der Waals surface area contributed by atoms with Gasteiger partial charge < -0.3 is 10.6 Å². The van der Waals surface area contributed by atoms with Crippen LogP contribution in [-0.2, 0) is 4.79 Å². The smallest absolute Gasteiger partial charge is 0.224 e. The molecule has 1 rings (SSSR count). The summed E-state index contributed by atoms with van der Waals surface area (Å²) in [6, 6.07) is 1.04. The van der Waals surface area contributed by atoms with E-state index in [-0.39, 0.29) is 11.8 Å². The number of hydrogen-bond donors (Lipinski definition) is 2. The molecule has 1 aliphatic rings. The molecule has 0 bridgehead atoms. The summed E-state index contributed by atoms with van der Waals surface area (Å²) in [7, 11) is 0. The first-order valence-electron chi connectivity index (χ1n) is 7.17. The Labute approximate surface area is 111 Å². The Bertz CT molecular complexity index is 258. The molecule has 1 heterocycles. The van der Waals surface area contributed by atoms with Gasteiger partial charge in [-0.3, -0.25) is 9.69 Å². The molecular formula is C14H29N3O. The fraction of sp³-hybridized carbons (Fsp3) is 0.929. The third-order valence-electron chi connectivity index (χ3n) is 3.85. The maximum absolute atomic E-state index is 12.0. The first kappa shape index (κ1) is 15.4. The largest absolute Gasteiger partial charge is 0.355 e. The lowest BCUT2D eigenvalue weighted by Crippen LogP contribution is -2.44. The van der Waals surface area contributed by atoms with Gasteiger partial charge >= 0.3 is 0 Å². The van der Waals surface area contributed by atoms with Crippen molar-refractivity contribution >= 4 is 5.91 Å². The van der Waals surface area contributed by atoms with Crippen molar-refractivity contribution in [1.29, 1.82) is 0 Å². The molecule has 106 valence electrons. The Morgan fingerprint density at radius 1 is 1.28 bits per heavy atom. The van der Waals surface area contributed by atoms with E-state index in [2.05, 4.69) is 50.2 Å². The summed E-state index contributed by atoms with van der Waals surface area (Å²) in [5, 5.41) is 6.34. The lowest BCUT2D eigenvalue weighted by molar-refractivity contribution is -0.125. The van der Waals surface area contributed by atoms with E-state index < -0.39 is 0 Å². The topological polar surface area (TPSA) is 44.4 Å². The molecule has 0 spiro atoms. The van der Waals surface area contributed by atoms with Crippen molar-refractivity contribution < 1.29 is 4.79 Å². The van der Waals surface area contributed by atoms with Crippen LogP contribution >= 0.6 is 0 Å². The zero-order chi connectivity index (χ0) is 13.7. The summed E-state index contributed by atoms with van der Waals surface area (Å²) in [6.07, 6.45) is 0. The van der Waals surface area contributed by atoms with Crippen molar-refractivity contribution in [1.82, 2.24) is 15.5 Å². The van der Waals surface area contributed by atoms with Crippen LogP contribution in [-0.4, -0.2) is 49.1 Å². The van der Waals surface area contributed by atoms with Crippen molar-refractivity contribution in [2.45, 2.75) is 46.7 Å². The van der Waals surface area contributed by atoms with Gasteiger partial charge in [-0.05, 0) is 40.2 Å². The van der Waals surface area contributed by atoms with E-state index in [1.165, 1.54) is 0 Å². The molecule has 0 aromatic carbocycles. The van der Waals surface area contributed by atoms with Crippen LogP contribution in [0.4, 0.5) is 0 Å². The van der Waals surface area contributed by atoms with Crippen LogP contribution < -0.4 is 10.6 Å². The summed E-state index contributed by atoms with van der Waals surface area (Å²) < 4.78 is 0. The molecule has 2 N–H and O–H groups in total. The number of nitrogens with zero attached hydrogens (tertiary/aromatic N) is 1. The molecule has 0 aromatic rings. The highest BCUT2D eigenvalue weighted by Crippen LogP contribution is 2.15. The monoisotopic (exact) mass is 255 g/mol. The Morgan fingerprint density at radius 3 is 2.33 bits per heavy atom. The molecule has 0 saturated carbocycles. The highest BCUT2D eigenvalue weighted by atomic mass is 16.1. The molecule has 4 heteroatoms. The van der Waals surface area contributed by atoms with E-state index in [4.69, 9.17) is 0 Å². The highest BCUT2D eigenvalue weighted by Gasteiger charge is 2.29. The van der Waals surface area contributed by atoms with Gasteiger partial charge in [0.1, 0.15) is 0 Å². The van der Waals surface area contributed by atoms with Crippen molar-refractivity contribution in [2.24, 2.45) is 11.8 Å². The molecule has 0 aliphatic carbocycles. The Kier molecular flexibility index (Phi) is 6.09. The van der Waals surface area contributed by atoms with Crippen molar-refractivity contribution in [3.05, 3.63) is 0 Å². The number of amides is 1. The van der Waals surface area contributed by atoms with E-state index in [1.807, 2.05) is 0 Å². The van der Waals surface area contributed by atoms with Gasteiger partial charge in [0.25, 0.3) is 0 Å². The molecule has 4 nitrogen and oxygen atoms in total. The fourth-order valence-corrected chi connectivity index (χ4v) is 2.71. The van der Waals surface area contributed by atoms with Gasteiger partial charge in [0, 0.05) is 31.7 Å². The van der Waals surface area contributed by atoms with Gasteiger partial charge in [0.2, 0.25) is 5.91 Å². The Morgan fingerprint density at radius 2 is 1.89 bits per heavy atom. The minimum absolute atomic E-state index is 0.150. The van der Waals surface area contributed by atoms with Gasteiger partial charge in [-0.2, -0.15) is 0 Å². The van der Waals surface area contributed by atoms with E-state index in [0.717, 1.165) is 26.2 Å². The summed E-state index contributed by atoms with van der Waals surface area (Å²) in [5.74, 6) is 0.813. The summed E-state index contributed by atoms with van der Waals surface area (Å²) >= 11 is 0. The molecule has 2 atom stereocenters. The SMILES string of the molecule is CC(C)N(CCNC(=O)[C@@H]1CNC[C@H]1C)C(C)C. The lowest BCUT2D eigenvalue weighted by atomic mass is 9.97. The summed E-state index contributed by atoms with van der Waals surface area (Å²) in [4.78, 5) is 14.4. The quantitative estimate of drug-likeness (QED) is 0.746. The van der Waals surface area contributed by atoms with Gasteiger partial charge in [0.05, 0.1) is 5.92 Å². The Hall–Kier alpha value is -0.610. The number of rotatable bonds is 6. The first-order chi connectivity index (χ1) is 8.43.